The lowest BCUT2D eigenvalue weighted by Gasteiger charge is -2.24. The molecule has 1 unspecified atom stereocenters. The van der Waals surface area contributed by atoms with E-state index < -0.39 is 6.04 Å². The monoisotopic (exact) mass is 238 g/mol. The Labute approximate surface area is 101 Å². The minimum Gasteiger partial charge on any atom is -0.372 e. The maximum Gasteiger partial charge on any atom is 0.242 e. The van der Waals surface area contributed by atoms with E-state index in [2.05, 4.69) is 10.6 Å². The Bertz CT molecular complexity index is 399. The van der Waals surface area contributed by atoms with Crippen molar-refractivity contribution in [2.24, 2.45) is 0 Å². The van der Waals surface area contributed by atoms with Crippen LogP contribution in [0.25, 0.3) is 0 Å². The minimum atomic E-state index is -0.480. The van der Waals surface area contributed by atoms with Gasteiger partial charge in [0.1, 0.15) is 11.9 Å². The maximum atomic E-state index is 13.4. The molecular formula is C13H19FN2O. The van der Waals surface area contributed by atoms with Crippen molar-refractivity contribution in [3.05, 3.63) is 30.1 Å². The molecule has 0 fully saturated rings. The summed E-state index contributed by atoms with van der Waals surface area (Å²) in [5, 5.41) is 5.68. The van der Waals surface area contributed by atoms with Gasteiger partial charge in [-0.25, -0.2) is 4.39 Å². The average molecular weight is 238 g/mol. The fraction of sp³-hybridized carbons (Fsp3) is 0.462. The van der Waals surface area contributed by atoms with Crippen LogP contribution in [0.3, 0.4) is 0 Å². The van der Waals surface area contributed by atoms with E-state index in [9.17, 15) is 9.18 Å². The second-order valence-electron chi connectivity index (χ2n) is 5.09. The number of carbonyl (C=O) groups is 1. The molecule has 0 aliphatic carbocycles. The van der Waals surface area contributed by atoms with Crippen molar-refractivity contribution in [1.82, 2.24) is 5.32 Å². The molecule has 1 amide bonds. The molecule has 0 aliphatic rings. The van der Waals surface area contributed by atoms with E-state index in [1.807, 2.05) is 20.8 Å². The number of para-hydroxylation sites is 1. The summed E-state index contributed by atoms with van der Waals surface area (Å²) in [6, 6.07) is 5.82. The second-order valence-corrected chi connectivity index (χ2v) is 5.09. The van der Waals surface area contributed by atoms with Crippen LogP contribution in [-0.4, -0.2) is 17.5 Å². The highest BCUT2D eigenvalue weighted by atomic mass is 19.1. The van der Waals surface area contributed by atoms with Crippen LogP contribution in [0.5, 0.6) is 0 Å². The third-order valence-electron chi connectivity index (χ3n) is 2.14. The molecule has 1 aromatic rings. The van der Waals surface area contributed by atoms with E-state index in [0.29, 0.717) is 5.69 Å². The van der Waals surface area contributed by atoms with Crippen LogP contribution in [0.15, 0.2) is 24.3 Å². The number of nitrogens with one attached hydrogen (secondary N) is 2. The van der Waals surface area contributed by atoms with Crippen molar-refractivity contribution in [1.29, 1.82) is 0 Å². The lowest BCUT2D eigenvalue weighted by Crippen LogP contribution is -2.47. The molecule has 0 saturated heterocycles. The summed E-state index contributed by atoms with van der Waals surface area (Å²) >= 11 is 0. The van der Waals surface area contributed by atoms with Gasteiger partial charge in [-0.05, 0) is 39.8 Å². The Balaban J connectivity index is 2.64. The maximum absolute atomic E-state index is 13.4. The smallest absolute Gasteiger partial charge is 0.242 e. The number of benzene rings is 1. The standard InChI is InChI=1S/C13H19FN2O/c1-9(12(17)16-13(2,3)4)15-11-8-6-5-7-10(11)14/h5-9,15H,1-4H3,(H,16,17). The van der Waals surface area contributed by atoms with Gasteiger partial charge in [-0.1, -0.05) is 12.1 Å². The molecule has 1 aromatic carbocycles. The summed E-state index contributed by atoms with van der Waals surface area (Å²) in [6.07, 6.45) is 0. The third-order valence-corrected chi connectivity index (χ3v) is 2.14. The van der Waals surface area contributed by atoms with Gasteiger partial charge in [-0.15, -0.1) is 0 Å². The molecule has 0 radical (unpaired) electrons. The molecular weight excluding hydrogens is 219 g/mol. The molecule has 0 bridgehead atoms. The Morgan fingerprint density at radius 1 is 1.29 bits per heavy atom. The second kappa shape index (κ2) is 5.17. The Hall–Kier alpha value is -1.58. The Morgan fingerprint density at radius 2 is 1.88 bits per heavy atom. The van der Waals surface area contributed by atoms with Gasteiger partial charge in [0.15, 0.2) is 0 Å². The first-order chi connectivity index (χ1) is 7.79. The van der Waals surface area contributed by atoms with Crippen molar-refractivity contribution in [3.8, 4) is 0 Å². The van der Waals surface area contributed by atoms with E-state index in [1.165, 1.54) is 6.07 Å². The number of amides is 1. The van der Waals surface area contributed by atoms with E-state index in [0.717, 1.165) is 0 Å². The van der Waals surface area contributed by atoms with Crippen molar-refractivity contribution in [2.75, 3.05) is 5.32 Å². The number of carbonyl (C=O) groups excluding carboxylic acids is 1. The topological polar surface area (TPSA) is 41.1 Å². The van der Waals surface area contributed by atoms with Gasteiger partial charge in [0.25, 0.3) is 0 Å². The van der Waals surface area contributed by atoms with Crippen molar-refractivity contribution >= 4 is 11.6 Å². The lowest BCUT2D eigenvalue weighted by atomic mass is 10.1. The molecule has 94 valence electrons. The molecule has 4 heteroatoms. The van der Waals surface area contributed by atoms with E-state index in [1.54, 1.807) is 25.1 Å². The van der Waals surface area contributed by atoms with Gasteiger partial charge in [-0.3, -0.25) is 4.79 Å². The highest BCUT2D eigenvalue weighted by Crippen LogP contribution is 2.13. The third kappa shape index (κ3) is 4.43. The molecule has 1 rings (SSSR count). The van der Waals surface area contributed by atoms with E-state index >= 15 is 0 Å². The van der Waals surface area contributed by atoms with Crippen molar-refractivity contribution in [2.45, 2.75) is 39.3 Å². The van der Waals surface area contributed by atoms with Gasteiger partial charge in [0.2, 0.25) is 5.91 Å². The number of halogens is 1. The first-order valence-corrected chi connectivity index (χ1v) is 5.63. The van der Waals surface area contributed by atoms with Gasteiger partial charge >= 0.3 is 0 Å². The summed E-state index contributed by atoms with van der Waals surface area (Å²) in [5.74, 6) is -0.510. The number of anilines is 1. The molecule has 1 atom stereocenters. The fourth-order valence-corrected chi connectivity index (χ4v) is 1.35. The largest absolute Gasteiger partial charge is 0.372 e. The van der Waals surface area contributed by atoms with E-state index in [-0.39, 0.29) is 17.3 Å². The van der Waals surface area contributed by atoms with Crippen LogP contribution in [0.2, 0.25) is 0 Å². The zero-order chi connectivity index (χ0) is 13.1. The van der Waals surface area contributed by atoms with Crippen LogP contribution in [0.4, 0.5) is 10.1 Å². The van der Waals surface area contributed by atoms with Gasteiger partial charge < -0.3 is 10.6 Å². The number of hydrogen-bond donors (Lipinski definition) is 2. The van der Waals surface area contributed by atoms with Gasteiger partial charge in [0.05, 0.1) is 5.69 Å². The first kappa shape index (κ1) is 13.5. The minimum absolute atomic E-state index is 0.152. The highest BCUT2D eigenvalue weighted by molar-refractivity contribution is 5.84. The average Bonchev–Trinajstić information content (AvgIpc) is 2.18. The van der Waals surface area contributed by atoms with Crippen LogP contribution in [0.1, 0.15) is 27.7 Å². The molecule has 0 aromatic heterocycles. The van der Waals surface area contributed by atoms with E-state index in [4.69, 9.17) is 0 Å². The van der Waals surface area contributed by atoms with Crippen LogP contribution in [0, 0.1) is 5.82 Å². The first-order valence-electron chi connectivity index (χ1n) is 5.63. The van der Waals surface area contributed by atoms with Gasteiger partial charge in [-0.2, -0.15) is 0 Å². The van der Waals surface area contributed by atoms with Gasteiger partial charge in [0, 0.05) is 5.54 Å². The Kier molecular flexibility index (Phi) is 4.10. The number of hydrogen-bond acceptors (Lipinski definition) is 2. The molecule has 2 N–H and O–H groups in total. The summed E-state index contributed by atoms with van der Waals surface area (Å²) in [6.45, 7) is 7.41. The molecule has 0 aliphatic heterocycles. The van der Waals surface area contributed by atoms with Crippen molar-refractivity contribution < 1.29 is 9.18 Å². The molecule has 0 heterocycles. The fourth-order valence-electron chi connectivity index (χ4n) is 1.35. The zero-order valence-corrected chi connectivity index (χ0v) is 10.7. The Morgan fingerprint density at radius 3 is 2.41 bits per heavy atom. The van der Waals surface area contributed by atoms with Crippen LogP contribution >= 0.6 is 0 Å². The van der Waals surface area contributed by atoms with Crippen LogP contribution in [-0.2, 0) is 4.79 Å². The summed E-state index contributed by atoms with van der Waals surface area (Å²) in [4.78, 5) is 11.8. The highest BCUT2D eigenvalue weighted by Gasteiger charge is 2.19. The summed E-state index contributed by atoms with van der Waals surface area (Å²) < 4.78 is 13.4. The zero-order valence-electron chi connectivity index (χ0n) is 10.7. The lowest BCUT2D eigenvalue weighted by molar-refractivity contribution is -0.122. The van der Waals surface area contributed by atoms with Crippen LogP contribution < -0.4 is 10.6 Å². The predicted molar refractivity (Wildman–Crippen MR) is 67.4 cm³/mol. The number of rotatable bonds is 3. The molecule has 0 spiro atoms. The normalized spacial score (nSPS) is 13.0. The predicted octanol–water partition coefficient (Wildman–Crippen LogP) is 2.54. The molecule has 3 nitrogen and oxygen atoms in total. The quantitative estimate of drug-likeness (QED) is 0.849. The summed E-state index contributed by atoms with van der Waals surface area (Å²) in [7, 11) is 0. The molecule has 17 heavy (non-hydrogen) atoms. The SMILES string of the molecule is CC(Nc1ccccc1F)C(=O)NC(C)(C)C. The van der Waals surface area contributed by atoms with Crippen molar-refractivity contribution in [3.63, 3.8) is 0 Å². The molecule has 0 saturated carbocycles. The summed E-state index contributed by atoms with van der Waals surface area (Å²) in [5.41, 5.74) is 0.0477.